The van der Waals surface area contributed by atoms with Crippen LogP contribution < -0.4 is 0 Å². The molecule has 1 aliphatic heterocycles. The van der Waals surface area contributed by atoms with E-state index in [1.165, 1.54) is 0 Å². The number of aliphatic carboxylic acids is 1. The van der Waals surface area contributed by atoms with Gasteiger partial charge in [0.1, 0.15) is 24.4 Å². The second kappa shape index (κ2) is 9.51. The monoisotopic (exact) mass is 336 g/mol. The molecule has 1 fully saturated rings. The van der Waals surface area contributed by atoms with Gasteiger partial charge in [-0.3, -0.25) is 4.79 Å². The number of carboxylic acid groups (broad SMARTS) is 1. The molecule has 5 atom stereocenters. The molecule has 1 saturated heterocycles. The van der Waals surface area contributed by atoms with Crippen molar-refractivity contribution in [3.63, 3.8) is 0 Å². The summed E-state index contributed by atoms with van der Waals surface area (Å²) in [4.78, 5) is 10.4. The second-order valence-electron chi connectivity index (χ2n) is 6.12. The number of rotatable bonds is 10. The van der Waals surface area contributed by atoms with Gasteiger partial charge in [-0.25, -0.2) is 0 Å². The van der Waals surface area contributed by atoms with Gasteiger partial charge in [0.05, 0.1) is 6.61 Å². The van der Waals surface area contributed by atoms with Crippen LogP contribution in [0.2, 0.25) is 0 Å². The molecule has 1 unspecified atom stereocenters. The van der Waals surface area contributed by atoms with Crippen LogP contribution in [0.15, 0.2) is 0 Å². The summed E-state index contributed by atoms with van der Waals surface area (Å²) >= 11 is 0. The van der Waals surface area contributed by atoms with Crippen LogP contribution in [-0.4, -0.2) is 73.4 Å². The summed E-state index contributed by atoms with van der Waals surface area (Å²) in [6, 6.07) is 0. The zero-order valence-electron chi connectivity index (χ0n) is 13.2. The number of carbonyl (C=O) groups is 1. The first kappa shape index (κ1) is 20.3. The highest BCUT2D eigenvalue weighted by Gasteiger charge is 2.51. The fraction of sp³-hybridized carbons (Fsp3) is 0.933. The lowest BCUT2D eigenvalue weighted by atomic mass is 9.89. The first-order chi connectivity index (χ1) is 10.8. The van der Waals surface area contributed by atoms with Gasteiger partial charge >= 0.3 is 5.97 Å². The van der Waals surface area contributed by atoms with Gasteiger partial charge in [-0.15, -0.1) is 0 Å². The van der Waals surface area contributed by atoms with E-state index in [0.717, 1.165) is 25.7 Å². The van der Waals surface area contributed by atoms with Crippen LogP contribution in [0.1, 0.15) is 51.4 Å². The van der Waals surface area contributed by atoms with Crippen molar-refractivity contribution in [2.75, 3.05) is 6.61 Å². The molecule has 0 amide bonds. The van der Waals surface area contributed by atoms with Gasteiger partial charge in [-0.05, 0) is 12.8 Å². The normalized spacial score (nSPS) is 34.5. The zero-order valence-corrected chi connectivity index (χ0v) is 13.2. The van der Waals surface area contributed by atoms with Gasteiger partial charge in [0, 0.05) is 12.8 Å². The molecule has 136 valence electrons. The summed E-state index contributed by atoms with van der Waals surface area (Å²) in [6.07, 6.45) is -1.07. The van der Waals surface area contributed by atoms with E-state index in [1.807, 2.05) is 0 Å². The van der Waals surface area contributed by atoms with Gasteiger partial charge in [0.25, 0.3) is 0 Å². The van der Waals surface area contributed by atoms with Gasteiger partial charge in [0.15, 0.2) is 5.79 Å². The summed E-state index contributed by atoms with van der Waals surface area (Å²) in [5.74, 6) is -2.79. The molecule has 1 rings (SSSR count). The first-order valence-corrected chi connectivity index (χ1v) is 8.09. The van der Waals surface area contributed by atoms with Crippen molar-refractivity contribution in [3.05, 3.63) is 0 Å². The Morgan fingerprint density at radius 3 is 2.09 bits per heavy atom. The quantitative estimate of drug-likeness (QED) is 0.288. The van der Waals surface area contributed by atoms with E-state index in [1.54, 1.807) is 0 Å². The van der Waals surface area contributed by atoms with E-state index < -0.39 is 42.8 Å². The van der Waals surface area contributed by atoms with Gasteiger partial charge < -0.3 is 35.4 Å². The fourth-order valence-corrected chi connectivity index (χ4v) is 2.79. The molecule has 0 aliphatic carbocycles. The van der Waals surface area contributed by atoms with E-state index in [9.17, 15) is 25.2 Å². The number of hydrogen-bond acceptors (Lipinski definition) is 7. The molecule has 8 nitrogen and oxygen atoms in total. The fourth-order valence-electron chi connectivity index (χ4n) is 2.79. The predicted molar refractivity (Wildman–Crippen MR) is 79.5 cm³/mol. The Labute approximate surface area is 135 Å². The summed E-state index contributed by atoms with van der Waals surface area (Å²) in [5, 5.41) is 57.2. The van der Waals surface area contributed by atoms with Crippen LogP contribution >= 0.6 is 0 Å². The number of aliphatic hydroxyl groups is 5. The predicted octanol–water partition coefficient (Wildman–Crippen LogP) is -0.646. The molecule has 8 heteroatoms. The van der Waals surface area contributed by atoms with Gasteiger partial charge in [-0.1, -0.05) is 25.7 Å². The van der Waals surface area contributed by atoms with Crippen LogP contribution in [0.3, 0.4) is 0 Å². The molecule has 0 aromatic heterocycles. The lowest BCUT2D eigenvalue weighted by Crippen LogP contribution is -2.65. The second-order valence-corrected chi connectivity index (χ2v) is 6.12. The first-order valence-electron chi connectivity index (χ1n) is 8.09. The third-order valence-corrected chi connectivity index (χ3v) is 4.23. The van der Waals surface area contributed by atoms with Crippen molar-refractivity contribution in [1.29, 1.82) is 0 Å². The Morgan fingerprint density at radius 1 is 0.957 bits per heavy atom. The standard InChI is InChI=1S/C15H28O8/c16-9-10-12(19)13(20)14(21)15(22,23-10)8-6-4-2-1-3-5-7-11(17)18/h10,12-14,16,19-22H,1-9H2,(H,17,18)/t10-,12-,13+,14-,15?/m1/s1. The Hall–Kier alpha value is -0.770. The lowest BCUT2D eigenvalue weighted by molar-refractivity contribution is -0.351. The van der Waals surface area contributed by atoms with E-state index in [2.05, 4.69) is 0 Å². The average Bonchev–Trinajstić information content (AvgIpc) is 2.51. The Kier molecular flexibility index (Phi) is 8.38. The number of aliphatic hydroxyl groups excluding tert-OH is 4. The maximum Gasteiger partial charge on any atom is 0.303 e. The SMILES string of the molecule is O=C(O)CCCCCCCCC1(O)O[C@H](CO)[C@@H](O)[C@H](O)[C@H]1O. The smallest absolute Gasteiger partial charge is 0.303 e. The molecule has 1 aliphatic rings. The maximum atomic E-state index is 10.4. The molecule has 0 radical (unpaired) electrons. The zero-order chi connectivity index (χ0) is 17.5. The Balaban J connectivity index is 2.28. The minimum atomic E-state index is -1.99. The number of unbranched alkanes of at least 4 members (excludes halogenated alkanes) is 5. The van der Waals surface area contributed by atoms with Crippen LogP contribution in [0.4, 0.5) is 0 Å². The molecule has 0 spiro atoms. The molecule has 0 saturated carbocycles. The molecular weight excluding hydrogens is 308 g/mol. The summed E-state index contributed by atoms with van der Waals surface area (Å²) < 4.78 is 5.17. The minimum absolute atomic E-state index is 0.0730. The molecule has 0 aromatic rings. The van der Waals surface area contributed by atoms with E-state index in [0.29, 0.717) is 12.8 Å². The molecule has 6 N–H and O–H groups in total. The highest BCUT2D eigenvalue weighted by molar-refractivity contribution is 5.66. The van der Waals surface area contributed by atoms with Crippen LogP contribution in [0, 0.1) is 0 Å². The third kappa shape index (κ3) is 5.98. The van der Waals surface area contributed by atoms with Gasteiger partial charge in [0.2, 0.25) is 0 Å². The van der Waals surface area contributed by atoms with Crippen molar-refractivity contribution < 1.29 is 40.2 Å². The number of hydrogen-bond donors (Lipinski definition) is 6. The molecule has 0 bridgehead atoms. The van der Waals surface area contributed by atoms with E-state index in [4.69, 9.17) is 14.9 Å². The van der Waals surface area contributed by atoms with E-state index >= 15 is 0 Å². The Bertz CT molecular complexity index is 361. The van der Waals surface area contributed by atoms with Crippen LogP contribution in [0.5, 0.6) is 0 Å². The average molecular weight is 336 g/mol. The molecule has 23 heavy (non-hydrogen) atoms. The van der Waals surface area contributed by atoms with Crippen molar-refractivity contribution in [3.8, 4) is 0 Å². The summed E-state index contributed by atoms with van der Waals surface area (Å²) in [6.45, 7) is -0.573. The summed E-state index contributed by atoms with van der Waals surface area (Å²) in [7, 11) is 0. The highest BCUT2D eigenvalue weighted by Crippen LogP contribution is 2.32. The minimum Gasteiger partial charge on any atom is -0.481 e. The summed E-state index contributed by atoms with van der Waals surface area (Å²) in [5.41, 5.74) is 0. The molecule has 1 heterocycles. The largest absolute Gasteiger partial charge is 0.481 e. The van der Waals surface area contributed by atoms with Crippen molar-refractivity contribution in [2.45, 2.75) is 81.6 Å². The van der Waals surface area contributed by atoms with Crippen molar-refractivity contribution in [2.24, 2.45) is 0 Å². The molecule has 0 aromatic carbocycles. The number of carboxylic acids is 1. The maximum absolute atomic E-state index is 10.4. The van der Waals surface area contributed by atoms with Crippen molar-refractivity contribution in [1.82, 2.24) is 0 Å². The van der Waals surface area contributed by atoms with E-state index in [-0.39, 0.29) is 12.8 Å². The highest BCUT2D eigenvalue weighted by atomic mass is 16.7. The molecular formula is C15H28O8. The van der Waals surface area contributed by atoms with Crippen LogP contribution in [0.25, 0.3) is 0 Å². The Morgan fingerprint density at radius 2 is 1.52 bits per heavy atom. The lowest BCUT2D eigenvalue weighted by Gasteiger charge is -2.45. The number of ether oxygens (including phenoxy) is 1. The third-order valence-electron chi connectivity index (χ3n) is 4.23. The topological polar surface area (TPSA) is 148 Å². The van der Waals surface area contributed by atoms with Gasteiger partial charge in [-0.2, -0.15) is 0 Å². The van der Waals surface area contributed by atoms with Crippen molar-refractivity contribution >= 4 is 5.97 Å². The van der Waals surface area contributed by atoms with Crippen LogP contribution in [-0.2, 0) is 9.53 Å².